The summed E-state index contributed by atoms with van der Waals surface area (Å²) < 4.78 is 0.783. The molecule has 0 radical (unpaired) electrons. The van der Waals surface area contributed by atoms with E-state index in [1.165, 1.54) is 0 Å². The maximum Gasteiger partial charge on any atom is 0.252 e. The number of halogens is 1. The number of nitrogen functional groups attached to an aromatic ring is 1. The van der Waals surface area contributed by atoms with E-state index < -0.39 is 5.54 Å². The summed E-state index contributed by atoms with van der Waals surface area (Å²) in [6, 6.07) is 3.56. The molecule has 0 bridgehead atoms. The van der Waals surface area contributed by atoms with Gasteiger partial charge in [0.15, 0.2) is 0 Å². The molecule has 5 heteroatoms. The predicted molar refractivity (Wildman–Crippen MR) is 88.2 cm³/mol. The topological polar surface area (TPSA) is 75.4 Å². The fraction of sp³-hybridized carbons (Fsp3) is 0.562. The van der Waals surface area contributed by atoms with Crippen molar-refractivity contribution < 1.29 is 9.90 Å². The molecule has 1 saturated carbocycles. The van der Waals surface area contributed by atoms with Gasteiger partial charge in [-0.05, 0) is 56.2 Å². The number of hydrogen-bond acceptors (Lipinski definition) is 3. The van der Waals surface area contributed by atoms with Gasteiger partial charge < -0.3 is 16.2 Å². The van der Waals surface area contributed by atoms with Gasteiger partial charge in [0, 0.05) is 15.7 Å². The highest BCUT2D eigenvalue weighted by Crippen LogP contribution is 2.32. The molecule has 21 heavy (non-hydrogen) atoms. The quantitative estimate of drug-likeness (QED) is 0.730. The van der Waals surface area contributed by atoms with E-state index in [0.29, 0.717) is 17.2 Å². The Morgan fingerprint density at radius 3 is 2.67 bits per heavy atom. The van der Waals surface area contributed by atoms with Crippen LogP contribution in [0.3, 0.4) is 0 Å². The summed E-state index contributed by atoms with van der Waals surface area (Å²) in [5, 5.41) is 12.8. The number of aliphatic hydroxyl groups is 1. The summed E-state index contributed by atoms with van der Waals surface area (Å²) in [6.45, 7) is 4.03. The van der Waals surface area contributed by atoms with Gasteiger partial charge in [0.05, 0.1) is 12.1 Å². The summed E-state index contributed by atoms with van der Waals surface area (Å²) in [5.41, 5.74) is 7.35. The molecule has 4 N–H and O–H groups in total. The summed E-state index contributed by atoms with van der Waals surface area (Å²) in [7, 11) is 0. The molecule has 0 atom stereocenters. The van der Waals surface area contributed by atoms with E-state index in [4.69, 9.17) is 5.73 Å². The second kappa shape index (κ2) is 6.36. The van der Waals surface area contributed by atoms with Crippen molar-refractivity contribution in [2.45, 2.75) is 45.1 Å². The van der Waals surface area contributed by atoms with Crippen LogP contribution in [0.5, 0.6) is 0 Å². The van der Waals surface area contributed by atoms with Crippen LogP contribution in [0.15, 0.2) is 16.6 Å². The molecular weight excluding hydrogens is 332 g/mol. The molecule has 1 amide bonds. The Kier molecular flexibility index (Phi) is 4.94. The molecule has 1 aliphatic carbocycles. The summed E-state index contributed by atoms with van der Waals surface area (Å²) in [6.07, 6.45) is 3.69. The molecule has 0 aliphatic heterocycles. The summed E-state index contributed by atoms with van der Waals surface area (Å²) >= 11 is 3.37. The zero-order valence-corrected chi connectivity index (χ0v) is 14.2. The molecule has 1 fully saturated rings. The van der Waals surface area contributed by atoms with Crippen LogP contribution in [0.2, 0.25) is 0 Å². The van der Waals surface area contributed by atoms with Crippen LogP contribution in [-0.2, 0) is 0 Å². The lowest BCUT2D eigenvalue weighted by Crippen LogP contribution is -2.53. The zero-order valence-electron chi connectivity index (χ0n) is 12.6. The average Bonchev–Trinajstić information content (AvgIpc) is 2.45. The lowest BCUT2D eigenvalue weighted by Gasteiger charge is -2.38. The first kappa shape index (κ1) is 16.3. The number of benzene rings is 1. The van der Waals surface area contributed by atoms with E-state index in [9.17, 15) is 9.90 Å². The normalized spacial score (nSPS) is 25.6. The molecular formula is C16H23BrN2O2. The lowest BCUT2D eigenvalue weighted by atomic mass is 9.77. The number of nitrogens with two attached hydrogens (primary N) is 1. The highest BCUT2D eigenvalue weighted by atomic mass is 79.9. The van der Waals surface area contributed by atoms with Gasteiger partial charge in [-0.3, -0.25) is 4.79 Å². The Bertz CT molecular complexity index is 537. The van der Waals surface area contributed by atoms with Crippen molar-refractivity contribution in [3.8, 4) is 0 Å². The maximum atomic E-state index is 12.6. The largest absolute Gasteiger partial charge is 0.398 e. The third kappa shape index (κ3) is 3.58. The zero-order chi connectivity index (χ0) is 15.6. The van der Waals surface area contributed by atoms with E-state index in [-0.39, 0.29) is 12.5 Å². The number of rotatable bonds is 3. The Labute approximate surface area is 134 Å². The van der Waals surface area contributed by atoms with E-state index in [0.717, 1.165) is 35.7 Å². The third-order valence-corrected chi connectivity index (χ3v) is 5.03. The van der Waals surface area contributed by atoms with Gasteiger partial charge in [0.2, 0.25) is 0 Å². The van der Waals surface area contributed by atoms with Gasteiger partial charge in [0.25, 0.3) is 5.91 Å². The minimum absolute atomic E-state index is 0.0198. The Hall–Kier alpha value is -1.07. The number of anilines is 1. The highest BCUT2D eigenvalue weighted by Gasteiger charge is 2.35. The van der Waals surface area contributed by atoms with Crippen molar-refractivity contribution in [3.63, 3.8) is 0 Å². The molecule has 0 unspecified atom stereocenters. The Balaban J connectivity index is 2.21. The van der Waals surface area contributed by atoms with Gasteiger partial charge in [0.1, 0.15) is 0 Å². The van der Waals surface area contributed by atoms with Crippen LogP contribution in [0.1, 0.15) is 48.5 Å². The number of carbonyl (C=O) groups excluding carboxylic acids is 1. The van der Waals surface area contributed by atoms with Gasteiger partial charge >= 0.3 is 0 Å². The van der Waals surface area contributed by atoms with Crippen molar-refractivity contribution in [1.82, 2.24) is 5.32 Å². The average molecular weight is 355 g/mol. The fourth-order valence-corrected chi connectivity index (χ4v) is 3.36. The minimum atomic E-state index is -0.493. The first-order chi connectivity index (χ1) is 9.87. The monoisotopic (exact) mass is 354 g/mol. The number of hydrogen-bond donors (Lipinski definition) is 3. The van der Waals surface area contributed by atoms with Crippen LogP contribution in [0.25, 0.3) is 0 Å². The number of aliphatic hydroxyl groups excluding tert-OH is 1. The van der Waals surface area contributed by atoms with Gasteiger partial charge in [-0.2, -0.15) is 0 Å². The van der Waals surface area contributed by atoms with E-state index in [1.807, 2.05) is 6.92 Å². The molecule has 2 rings (SSSR count). The molecule has 1 aromatic rings. The van der Waals surface area contributed by atoms with Gasteiger partial charge in [-0.25, -0.2) is 0 Å². The van der Waals surface area contributed by atoms with Crippen LogP contribution < -0.4 is 11.1 Å². The van der Waals surface area contributed by atoms with Gasteiger partial charge in [-0.15, -0.1) is 0 Å². The van der Waals surface area contributed by atoms with Crippen LogP contribution in [0, 0.1) is 12.8 Å². The molecule has 1 aromatic carbocycles. The van der Waals surface area contributed by atoms with Crippen molar-refractivity contribution in [3.05, 3.63) is 27.7 Å². The second-order valence-corrected chi connectivity index (χ2v) is 7.16. The Morgan fingerprint density at radius 2 is 2.10 bits per heavy atom. The number of carbonyl (C=O) groups is 1. The molecule has 0 aromatic heterocycles. The molecule has 0 saturated heterocycles. The van der Waals surface area contributed by atoms with Crippen LogP contribution in [0.4, 0.5) is 5.69 Å². The molecule has 4 nitrogen and oxygen atoms in total. The number of nitrogens with one attached hydrogen (secondary N) is 1. The van der Waals surface area contributed by atoms with Crippen molar-refractivity contribution in [1.29, 1.82) is 0 Å². The minimum Gasteiger partial charge on any atom is -0.398 e. The standard InChI is InChI=1S/C16H23BrN2O2/c1-10-3-5-16(9-20,6-4-10)19-15(21)13-7-12(17)8-14(18)11(13)2/h7-8,10,20H,3-6,9,18H2,1-2H3,(H,19,21). The van der Waals surface area contributed by atoms with E-state index in [2.05, 4.69) is 28.2 Å². The molecule has 1 aliphatic rings. The van der Waals surface area contributed by atoms with Crippen molar-refractivity contribution in [2.75, 3.05) is 12.3 Å². The maximum absolute atomic E-state index is 12.6. The molecule has 116 valence electrons. The second-order valence-electron chi connectivity index (χ2n) is 6.24. The Morgan fingerprint density at radius 1 is 1.48 bits per heavy atom. The fourth-order valence-electron chi connectivity index (χ4n) is 2.88. The van der Waals surface area contributed by atoms with Crippen molar-refractivity contribution in [2.24, 2.45) is 5.92 Å². The van der Waals surface area contributed by atoms with E-state index >= 15 is 0 Å². The van der Waals surface area contributed by atoms with Crippen LogP contribution >= 0.6 is 15.9 Å². The van der Waals surface area contributed by atoms with E-state index in [1.54, 1.807) is 12.1 Å². The molecule has 0 spiro atoms. The third-order valence-electron chi connectivity index (χ3n) is 4.57. The summed E-state index contributed by atoms with van der Waals surface area (Å²) in [4.78, 5) is 12.6. The van der Waals surface area contributed by atoms with Crippen LogP contribution in [-0.4, -0.2) is 23.2 Å². The SMILES string of the molecule is Cc1c(N)cc(Br)cc1C(=O)NC1(CO)CCC(C)CC1. The smallest absolute Gasteiger partial charge is 0.252 e. The highest BCUT2D eigenvalue weighted by molar-refractivity contribution is 9.10. The molecule has 0 heterocycles. The lowest BCUT2D eigenvalue weighted by molar-refractivity contribution is 0.0716. The summed E-state index contributed by atoms with van der Waals surface area (Å²) in [5.74, 6) is 0.494. The predicted octanol–water partition coefficient (Wildman–Crippen LogP) is 3.01. The first-order valence-electron chi connectivity index (χ1n) is 7.36. The van der Waals surface area contributed by atoms with Crippen molar-refractivity contribution >= 4 is 27.5 Å². The number of amides is 1. The van der Waals surface area contributed by atoms with Gasteiger partial charge in [-0.1, -0.05) is 22.9 Å². The first-order valence-corrected chi connectivity index (χ1v) is 8.15.